The van der Waals surface area contributed by atoms with E-state index in [0.717, 1.165) is 12.8 Å². The maximum Gasteiger partial charge on any atom is 0.363 e. The first-order valence-corrected chi connectivity index (χ1v) is 5.30. The van der Waals surface area contributed by atoms with Gasteiger partial charge in [-0.3, -0.25) is 0 Å². The molecular weight excluding hydrogens is 180 g/mol. The van der Waals surface area contributed by atoms with Gasteiger partial charge in [0.05, 0.1) is 0 Å². The highest BCUT2D eigenvalue weighted by atomic mass is 16.2. The molecule has 0 radical (unpaired) electrons. The van der Waals surface area contributed by atoms with E-state index in [-0.39, 0.29) is 5.69 Å². The topological polar surface area (TPSA) is 52.7 Å². The number of hydrogen-bond donors (Lipinski definition) is 0. The van der Waals surface area contributed by atoms with Crippen molar-refractivity contribution in [3.8, 4) is 0 Å². The minimum absolute atomic E-state index is 0.106. The Morgan fingerprint density at radius 2 is 1.71 bits per heavy atom. The van der Waals surface area contributed by atoms with Crippen LogP contribution in [0.25, 0.3) is 0 Å². The Morgan fingerprint density at radius 1 is 1.14 bits per heavy atom. The van der Waals surface area contributed by atoms with E-state index in [1.807, 2.05) is 20.8 Å². The molecule has 0 aromatic carbocycles. The fourth-order valence-corrected chi connectivity index (χ4v) is 0.953. The second-order valence-corrected chi connectivity index (χ2v) is 2.65. The molecule has 0 atom stereocenters. The van der Waals surface area contributed by atoms with Crippen LogP contribution in [0, 0.1) is 0 Å². The zero-order valence-electron chi connectivity index (χ0n) is 9.53. The van der Waals surface area contributed by atoms with Crippen LogP contribution in [0.1, 0.15) is 40.5 Å². The third-order valence-corrected chi connectivity index (χ3v) is 1.72. The molecule has 0 aliphatic carbocycles. The van der Waals surface area contributed by atoms with Crippen molar-refractivity contribution < 1.29 is 0 Å². The Morgan fingerprint density at radius 3 is 2.14 bits per heavy atom. The van der Waals surface area contributed by atoms with E-state index in [2.05, 4.69) is 17.4 Å². The summed E-state index contributed by atoms with van der Waals surface area (Å²) in [6.45, 7) is 9.22. The van der Waals surface area contributed by atoms with Crippen LogP contribution in [0.15, 0.2) is 4.79 Å². The average molecular weight is 200 g/mol. The molecule has 0 aliphatic rings. The fourth-order valence-electron chi connectivity index (χ4n) is 0.953. The zero-order valence-corrected chi connectivity index (χ0v) is 9.53. The van der Waals surface area contributed by atoms with Crippen molar-refractivity contribution >= 4 is 0 Å². The highest BCUT2D eigenvalue weighted by Crippen LogP contribution is 1.87. The molecule has 0 aliphatic heterocycles. The fraction of sp³-hybridized carbons (Fsp3) is 0.889. The largest absolute Gasteiger partial charge is 0.363 e. The van der Waals surface area contributed by atoms with Crippen molar-refractivity contribution in [2.45, 2.75) is 53.6 Å². The first-order valence-electron chi connectivity index (χ1n) is 5.30. The smallest absolute Gasteiger partial charge is 0.244 e. The summed E-state index contributed by atoms with van der Waals surface area (Å²) in [5.74, 6) is 0. The molecular formula is C9H20N4O. The predicted octanol–water partition coefficient (Wildman–Crippen LogP) is 1.29. The number of nitrogens with zero attached hydrogens (tertiary/aromatic N) is 4. The van der Waals surface area contributed by atoms with Crippen LogP contribution in [0.2, 0.25) is 0 Å². The standard InChI is InChI=1S/C7H14N4O.C2H6/c1-3-5-6-11-7(12)10(4-2)8-9-11;1-2/h3-6H2,1-2H3;1-2H3. The van der Waals surface area contributed by atoms with E-state index in [1.54, 1.807) is 0 Å². The van der Waals surface area contributed by atoms with E-state index in [1.165, 1.54) is 9.36 Å². The zero-order chi connectivity index (χ0) is 11.0. The van der Waals surface area contributed by atoms with Gasteiger partial charge in [-0.15, -0.1) is 0 Å². The van der Waals surface area contributed by atoms with Crippen molar-refractivity contribution in [3.05, 3.63) is 10.5 Å². The maximum atomic E-state index is 11.3. The lowest BCUT2D eigenvalue weighted by atomic mass is 10.3. The van der Waals surface area contributed by atoms with Gasteiger partial charge in [-0.2, -0.15) is 9.36 Å². The van der Waals surface area contributed by atoms with E-state index < -0.39 is 0 Å². The van der Waals surface area contributed by atoms with Gasteiger partial charge in [0, 0.05) is 13.1 Å². The molecule has 0 amide bonds. The number of unbranched alkanes of at least 4 members (excludes halogenated alkanes) is 1. The van der Waals surface area contributed by atoms with Crippen molar-refractivity contribution in [2.24, 2.45) is 0 Å². The van der Waals surface area contributed by atoms with E-state index in [9.17, 15) is 4.79 Å². The third kappa shape index (κ3) is 3.32. The minimum Gasteiger partial charge on any atom is -0.244 e. The van der Waals surface area contributed by atoms with Crippen LogP contribution in [0.4, 0.5) is 0 Å². The highest BCUT2D eigenvalue weighted by Gasteiger charge is 2.02. The average Bonchev–Trinajstić information content (AvgIpc) is 2.59. The second-order valence-electron chi connectivity index (χ2n) is 2.65. The lowest BCUT2D eigenvalue weighted by Gasteiger charge is -1.93. The highest BCUT2D eigenvalue weighted by molar-refractivity contribution is 4.57. The van der Waals surface area contributed by atoms with Crippen LogP contribution in [-0.4, -0.2) is 19.8 Å². The van der Waals surface area contributed by atoms with Crippen LogP contribution < -0.4 is 5.69 Å². The number of tetrazole rings is 1. The molecule has 0 fully saturated rings. The summed E-state index contributed by atoms with van der Waals surface area (Å²) < 4.78 is 2.77. The summed E-state index contributed by atoms with van der Waals surface area (Å²) in [5, 5.41) is 7.45. The predicted molar refractivity (Wildman–Crippen MR) is 56.2 cm³/mol. The van der Waals surface area contributed by atoms with E-state index in [0.29, 0.717) is 13.1 Å². The summed E-state index contributed by atoms with van der Waals surface area (Å²) in [7, 11) is 0. The lowest BCUT2D eigenvalue weighted by Crippen LogP contribution is -2.24. The molecule has 14 heavy (non-hydrogen) atoms. The number of rotatable bonds is 4. The van der Waals surface area contributed by atoms with Crippen molar-refractivity contribution in [1.29, 1.82) is 0 Å². The van der Waals surface area contributed by atoms with E-state index in [4.69, 9.17) is 0 Å². The first kappa shape index (κ1) is 12.9. The van der Waals surface area contributed by atoms with Gasteiger partial charge in [0.2, 0.25) is 0 Å². The minimum atomic E-state index is -0.106. The molecule has 1 aromatic heterocycles. The molecule has 82 valence electrons. The van der Waals surface area contributed by atoms with Gasteiger partial charge in [0.25, 0.3) is 0 Å². The van der Waals surface area contributed by atoms with Crippen molar-refractivity contribution in [1.82, 2.24) is 19.8 Å². The molecule has 1 heterocycles. The van der Waals surface area contributed by atoms with Gasteiger partial charge in [0.15, 0.2) is 0 Å². The summed E-state index contributed by atoms with van der Waals surface area (Å²) in [6.07, 6.45) is 2.04. The normalized spacial score (nSPS) is 9.43. The first-order chi connectivity index (χ1) is 6.79. The molecule has 5 heteroatoms. The second kappa shape index (κ2) is 7.29. The van der Waals surface area contributed by atoms with Crippen LogP contribution in [0.3, 0.4) is 0 Å². The SMILES string of the molecule is CC.CCCCn1nnn(CC)c1=O. The van der Waals surface area contributed by atoms with Crippen LogP contribution in [-0.2, 0) is 13.1 Å². The van der Waals surface area contributed by atoms with Crippen molar-refractivity contribution in [2.75, 3.05) is 0 Å². The summed E-state index contributed by atoms with van der Waals surface area (Å²) in [6, 6.07) is 0. The van der Waals surface area contributed by atoms with Crippen LogP contribution in [0.5, 0.6) is 0 Å². The molecule has 0 saturated heterocycles. The molecule has 0 bridgehead atoms. The van der Waals surface area contributed by atoms with Gasteiger partial charge < -0.3 is 0 Å². The molecule has 1 rings (SSSR count). The molecule has 0 saturated carbocycles. The van der Waals surface area contributed by atoms with Gasteiger partial charge in [-0.25, -0.2) is 4.79 Å². The summed E-state index contributed by atoms with van der Waals surface area (Å²) in [4.78, 5) is 11.3. The van der Waals surface area contributed by atoms with Crippen molar-refractivity contribution in [3.63, 3.8) is 0 Å². The van der Waals surface area contributed by atoms with E-state index >= 15 is 0 Å². The molecule has 0 spiro atoms. The number of hydrogen-bond acceptors (Lipinski definition) is 3. The van der Waals surface area contributed by atoms with Gasteiger partial charge in [-0.1, -0.05) is 27.2 Å². The Hall–Kier alpha value is -1.13. The molecule has 0 unspecified atom stereocenters. The monoisotopic (exact) mass is 200 g/mol. The Balaban J connectivity index is 0.000000791. The molecule has 0 N–H and O–H groups in total. The Labute approximate surface area is 84.7 Å². The summed E-state index contributed by atoms with van der Waals surface area (Å²) in [5.41, 5.74) is -0.106. The number of aryl methyl sites for hydroxylation is 2. The van der Waals surface area contributed by atoms with Crippen LogP contribution >= 0.6 is 0 Å². The quantitative estimate of drug-likeness (QED) is 0.735. The Kier molecular flexibility index (Phi) is 6.70. The molecule has 5 nitrogen and oxygen atoms in total. The van der Waals surface area contributed by atoms with Gasteiger partial charge in [-0.05, 0) is 23.8 Å². The molecule has 1 aromatic rings. The van der Waals surface area contributed by atoms with Gasteiger partial charge in [0.1, 0.15) is 0 Å². The maximum absolute atomic E-state index is 11.3. The Bertz CT molecular complexity index is 289. The van der Waals surface area contributed by atoms with Gasteiger partial charge >= 0.3 is 5.69 Å². The lowest BCUT2D eigenvalue weighted by molar-refractivity contribution is 0.539. The summed E-state index contributed by atoms with van der Waals surface area (Å²) >= 11 is 0. The third-order valence-electron chi connectivity index (χ3n) is 1.72. The number of aromatic nitrogens is 4.